The van der Waals surface area contributed by atoms with Gasteiger partial charge < -0.3 is 9.88 Å². The number of hydrogen-bond acceptors (Lipinski definition) is 5. The first-order valence-corrected chi connectivity index (χ1v) is 13.4. The molecule has 9 heteroatoms. The highest BCUT2D eigenvalue weighted by Crippen LogP contribution is 2.28. The molecule has 4 rings (SSSR count). The quantitative estimate of drug-likeness (QED) is 0.590. The highest BCUT2D eigenvalue weighted by Gasteiger charge is 2.31. The second kappa shape index (κ2) is 8.74. The van der Waals surface area contributed by atoms with Crippen LogP contribution in [0, 0.1) is 5.92 Å². The van der Waals surface area contributed by atoms with Crippen LogP contribution in [0.5, 0.6) is 0 Å². The summed E-state index contributed by atoms with van der Waals surface area (Å²) in [7, 11) is -3.66. The van der Waals surface area contributed by atoms with Crippen LogP contribution in [-0.4, -0.2) is 47.8 Å². The largest absolute Gasteiger partial charge is 0.347 e. The minimum absolute atomic E-state index is 0.0982. The Morgan fingerprint density at radius 1 is 1.17 bits per heavy atom. The van der Waals surface area contributed by atoms with E-state index >= 15 is 0 Å². The van der Waals surface area contributed by atoms with Crippen molar-refractivity contribution in [2.45, 2.75) is 25.3 Å². The van der Waals surface area contributed by atoms with E-state index < -0.39 is 15.9 Å². The molecule has 1 fully saturated rings. The molecule has 0 aliphatic carbocycles. The van der Waals surface area contributed by atoms with Gasteiger partial charge in [0.2, 0.25) is 10.0 Å². The summed E-state index contributed by atoms with van der Waals surface area (Å²) in [5.74, 6) is 1.71. The Bertz CT molecular complexity index is 1160. The van der Waals surface area contributed by atoms with E-state index in [0.29, 0.717) is 24.7 Å². The van der Waals surface area contributed by atoms with Crippen LogP contribution in [0.2, 0.25) is 0 Å². The fourth-order valence-corrected chi connectivity index (χ4v) is 7.48. The third-order valence-corrected chi connectivity index (χ3v) is 8.94. The SMILES string of the molecule is CC(C)Cn1ccc2cc(NC(=O)c3sccc3S(=O)(=O)N3CCSCC3)ccc21. The first-order chi connectivity index (χ1) is 14.4. The maximum absolute atomic E-state index is 13.0. The Hall–Kier alpha value is -1.81. The molecule has 0 bridgehead atoms. The van der Waals surface area contributed by atoms with Crippen LogP contribution in [0.4, 0.5) is 5.69 Å². The molecule has 1 saturated heterocycles. The average molecular weight is 464 g/mol. The summed E-state index contributed by atoms with van der Waals surface area (Å²) in [6, 6.07) is 9.34. The van der Waals surface area contributed by atoms with Crippen molar-refractivity contribution in [2.75, 3.05) is 29.9 Å². The average Bonchev–Trinajstić information content (AvgIpc) is 3.36. The fraction of sp³-hybridized carbons (Fsp3) is 0.381. The first kappa shape index (κ1) is 21.4. The third-order valence-electron chi connectivity index (χ3n) is 5.01. The van der Waals surface area contributed by atoms with Crippen molar-refractivity contribution in [3.05, 3.63) is 46.8 Å². The zero-order valence-electron chi connectivity index (χ0n) is 17.0. The number of amides is 1. The molecule has 0 saturated carbocycles. The molecule has 0 unspecified atom stereocenters. The van der Waals surface area contributed by atoms with Crippen molar-refractivity contribution in [2.24, 2.45) is 5.92 Å². The van der Waals surface area contributed by atoms with Gasteiger partial charge in [-0.25, -0.2) is 8.42 Å². The molecule has 1 amide bonds. The molecule has 30 heavy (non-hydrogen) atoms. The number of fused-ring (bicyclic) bond motifs is 1. The number of thiophene rings is 1. The van der Waals surface area contributed by atoms with Crippen LogP contribution in [0.1, 0.15) is 23.5 Å². The molecule has 0 spiro atoms. The summed E-state index contributed by atoms with van der Waals surface area (Å²) < 4.78 is 29.7. The van der Waals surface area contributed by atoms with Crippen molar-refractivity contribution in [1.29, 1.82) is 0 Å². The highest BCUT2D eigenvalue weighted by molar-refractivity contribution is 7.99. The second-order valence-electron chi connectivity index (χ2n) is 7.72. The van der Waals surface area contributed by atoms with Gasteiger partial charge in [-0.3, -0.25) is 4.79 Å². The minimum atomic E-state index is -3.66. The summed E-state index contributed by atoms with van der Waals surface area (Å²) in [5.41, 5.74) is 1.77. The van der Waals surface area contributed by atoms with E-state index in [2.05, 4.69) is 29.9 Å². The molecule has 1 aliphatic rings. The molecular weight excluding hydrogens is 438 g/mol. The summed E-state index contributed by atoms with van der Waals surface area (Å²) >= 11 is 2.90. The Kier molecular flexibility index (Phi) is 6.24. The van der Waals surface area contributed by atoms with Crippen LogP contribution >= 0.6 is 23.1 Å². The van der Waals surface area contributed by atoms with Gasteiger partial charge in [0, 0.05) is 53.9 Å². The van der Waals surface area contributed by atoms with E-state index in [1.54, 1.807) is 17.1 Å². The summed E-state index contributed by atoms with van der Waals surface area (Å²) in [4.78, 5) is 13.2. The first-order valence-electron chi connectivity index (χ1n) is 9.92. The van der Waals surface area contributed by atoms with E-state index in [1.165, 1.54) is 10.4 Å². The summed E-state index contributed by atoms with van der Waals surface area (Å²) in [6.07, 6.45) is 2.05. The number of carbonyl (C=O) groups is 1. The molecule has 6 nitrogen and oxygen atoms in total. The van der Waals surface area contributed by atoms with Gasteiger partial charge in [0.25, 0.3) is 5.91 Å². The van der Waals surface area contributed by atoms with Gasteiger partial charge >= 0.3 is 0 Å². The van der Waals surface area contributed by atoms with Crippen LogP contribution in [0.15, 0.2) is 46.8 Å². The summed E-state index contributed by atoms with van der Waals surface area (Å²) in [5, 5.41) is 5.58. The number of thioether (sulfide) groups is 1. The van der Waals surface area contributed by atoms with Gasteiger partial charge in [-0.2, -0.15) is 16.1 Å². The van der Waals surface area contributed by atoms with Gasteiger partial charge in [-0.05, 0) is 41.6 Å². The molecule has 0 atom stereocenters. The van der Waals surface area contributed by atoms with E-state index in [-0.39, 0.29) is 9.77 Å². The molecule has 0 radical (unpaired) electrons. The van der Waals surface area contributed by atoms with E-state index in [9.17, 15) is 13.2 Å². The van der Waals surface area contributed by atoms with E-state index in [4.69, 9.17) is 0 Å². The smallest absolute Gasteiger partial charge is 0.267 e. The number of nitrogens with zero attached hydrogens (tertiary/aromatic N) is 2. The van der Waals surface area contributed by atoms with Crippen molar-refractivity contribution >= 4 is 55.6 Å². The van der Waals surface area contributed by atoms with Gasteiger partial charge in [0.1, 0.15) is 9.77 Å². The number of hydrogen-bond donors (Lipinski definition) is 1. The van der Waals surface area contributed by atoms with Gasteiger partial charge in [0.05, 0.1) is 0 Å². The Labute approximate surface area is 185 Å². The van der Waals surface area contributed by atoms with Gasteiger partial charge in [-0.1, -0.05) is 13.8 Å². The maximum Gasteiger partial charge on any atom is 0.267 e. The topological polar surface area (TPSA) is 71.4 Å². The third kappa shape index (κ3) is 4.30. The standard InChI is InChI=1S/C21H25N3O3S3/c1-15(2)14-23-7-5-16-13-17(3-4-18(16)23)22-21(25)20-19(6-10-29-20)30(26,27)24-8-11-28-12-9-24/h3-7,10,13,15H,8-9,11-12,14H2,1-2H3,(H,22,25). The maximum atomic E-state index is 13.0. The Morgan fingerprint density at radius 2 is 1.93 bits per heavy atom. The molecule has 1 aliphatic heterocycles. The van der Waals surface area contributed by atoms with Crippen LogP contribution in [0.25, 0.3) is 10.9 Å². The molecule has 3 heterocycles. The number of aromatic nitrogens is 1. The van der Waals surface area contributed by atoms with E-state index in [1.807, 2.05) is 24.3 Å². The molecule has 2 aromatic heterocycles. The molecule has 3 aromatic rings. The van der Waals surface area contributed by atoms with E-state index in [0.717, 1.165) is 40.3 Å². The predicted molar refractivity (Wildman–Crippen MR) is 125 cm³/mol. The fourth-order valence-electron chi connectivity index (χ4n) is 3.61. The normalized spacial score (nSPS) is 15.7. The molecule has 1 aromatic carbocycles. The zero-order chi connectivity index (χ0) is 21.3. The molecule has 1 N–H and O–H groups in total. The lowest BCUT2D eigenvalue weighted by molar-refractivity contribution is 0.102. The number of sulfonamides is 1. The lowest BCUT2D eigenvalue weighted by atomic mass is 10.2. The van der Waals surface area contributed by atoms with Gasteiger partial charge in [-0.15, -0.1) is 11.3 Å². The number of rotatable bonds is 6. The Morgan fingerprint density at radius 3 is 2.67 bits per heavy atom. The predicted octanol–water partition coefficient (Wildman–Crippen LogP) is 4.35. The molecule has 160 valence electrons. The summed E-state index contributed by atoms with van der Waals surface area (Å²) in [6.45, 7) is 6.24. The van der Waals surface area contributed by atoms with Gasteiger partial charge in [0.15, 0.2) is 0 Å². The lowest BCUT2D eigenvalue weighted by Crippen LogP contribution is -2.38. The van der Waals surface area contributed by atoms with Crippen molar-refractivity contribution in [3.63, 3.8) is 0 Å². The van der Waals surface area contributed by atoms with Crippen LogP contribution in [0.3, 0.4) is 0 Å². The van der Waals surface area contributed by atoms with Crippen LogP contribution < -0.4 is 5.32 Å². The molecular formula is C21H25N3O3S3. The monoisotopic (exact) mass is 463 g/mol. The van der Waals surface area contributed by atoms with Crippen molar-refractivity contribution < 1.29 is 13.2 Å². The Balaban J connectivity index is 1.56. The van der Waals surface area contributed by atoms with Crippen molar-refractivity contribution in [3.8, 4) is 0 Å². The zero-order valence-corrected chi connectivity index (χ0v) is 19.4. The second-order valence-corrected chi connectivity index (χ2v) is 11.8. The number of anilines is 1. The lowest BCUT2D eigenvalue weighted by Gasteiger charge is -2.25. The highest BCUT2D eigenvalue weighted by atomic mass is 32.2. The number of nitrogens with one attached hydrogen (secondary N) is 1. The minimum Gasteiger partial charge on any atom is -0.347 e. The van der Waals surface area contributed by atoms with Crippen LogP contribution in [-0.2, 0) is 16.6 Å². The number of carbonyl (C=O) groups excluding carboxylic acids is 1. The van der Waals surface area contributed by atoms with Crippen molar-refractivity contribution in [1.82, 2.24) is 8.87 Å². The number of benzene rings is 1.